The van der Waals surface area contributed by atoms with Crippen molar-refractivity contribution in [3.8, 4) is 0 Å². The van der Waals surface area contributed by atoms with Gasteiger partial charge in [-0.3, -0.25) is 9.69 Å². The fourth-order valence-corrected chi connectivity index (χ4v) is 3.25. The molecular weight excluding hydrogens is 320 g/mol. The first kappa shape index (κ1) is 20.2. The zero-order chi connectivity index (χ0) is 18.8. The molecule has 0 saturated carbocycles. The second-order valence-corrected chi connectivity index (χ2v) is 7.04. The molecule has 140 valence electrons. The van der Waals surface area contributed by atoms with E-state index in [0.29, 0.717) is 0 Å². The molecule has 1 unspecified atom stereocenters. The van der Waals surface area contributed by atoms with Crippen LogP contribution < -0.4 is 5.32 Å². The predicted molar refractivity (Wildman–Crippen MR) is 109 cm³/mol. The van der Waals surface area contributed by atoms with Crippen molar-refractivity contribution in [1.82, 2.24) is 10.2 Å². The summed E-state index contributed by atoms with van der Waals surface area (Å²) in [4.78, 5) is 14.9. The number of rotatable bonds is 10. The molecule has 2 aromatic rings. The first-order valence-corrected chi connectivity index (χ1v) is 9.78. The summed E-state index contributed by atoms with van der Waals surface area (Å²) >= 11 is 0. The standard InChI is InChI=1S/C23H32N2O/c1-4-15-25(16-5-2)18-21-11-13-22(14-12-21)23(26)24-19(3)17-20-9-7-6-8-10-20/h6-14,19H,4-5,15-18H2,1-3H3,(H,24,26). The normalized spacial score (nSPS) is 12.2. The Morgan fingerprint density at radius 2 is 1.54 bits per heavy atom. The molecule has 0 bridgehead atoms. The molecule has 0 aliphatic carbocycles. The van der Waals surface area contributed by atoms with Gasteiger partial charge in [0.05, 0.1) is 0 Å². The van der Waals surface area contributed by atoms with E-state index in [0.717, 1.165) is 31.6 Å². The van der Waals surface area contributed by atoms with Crippen molar-refractivity contribution < 1.29 is 4.79 Å². The van der Waals surface area contributed by atoms with E-state index in [2.05, 4.69) is 48.3 Å². The molecule has 1 N–H and O–H groups in total. The molecule has 1 amide bonds. The minimum Gasteiger partial charge on any atom is -0.349 e. The van der Waals surface area contributed by atoms with Crippen molar-refractivity contribution in [2.24, 2.45) is 0 Å². The SMILES string of the molecule is CCCN(CCC)Cc1ccc(C(=O)NC(C)Cc2ccccc2)cc1. The van der Waals surface area contributed by atoms with Gasteiger partial charge in [0.15, 0.2) is 0 Å². The van der Waals surface area contributed by atoms with Crippen LogP contribution in [0.15, 0.2) is 54.6 Å². The van der Waals surface area contributed by atoms with Gasteiger partial charge in [-0.05, 0) is 62.5 Å². The fraction of sp³-hybridized carbons (Fsp3) is 0.435. The maximum atomic E-state index is 12.5. The number of benzene rings is 2. The minimum atomic E-state index is -0.000969. The third kappa shape index (κ3) is 6.64. The van der Waals surface area contributed by atoms with Gasteiger partial charge in [-0.25, -0.2) is 0 Å². The maximum Gasteiger partial charge on any atom is 0.251 e. The molecule has 0 aliphatic rings. The van der Waals surface area contributed by atoms with Crippen LogP contribution in [0.25, 0.3) is 0 Å². The van der Waals surface area contributed by atoms with Gasteiger partial charge < -0.3 is 5.32 Å². The van der Waals surface area contributed by atoms with Gasteiger partial charge in [0, 0.05) is 18.2 Å². The molecule has 0 fully saturated rings. The summed E-state index contributed by atoms with van der Waals surface area (Å²) in [6.45, 7) is 9.67. The summed E-state index contributed by atoms with van der Waals surface area (Å²) in [5, 5.41) is 3.10. The third-order valence-electron chi connectivity index (χ3n) is 4.46. The highest BCUT2D eigenvalue weighted by Gasteiger charge is 2.11. The van der Waals surface area contributed by atoms with Crippen molar-refractivity contribution in [1.29, 1.82) is 0 Å². The fourth-order valence-electron chi connectivity index (χ4n) is 3.25. The van der Waals surface area contributed by atoms with Crippen LogP contribution in [0.5, 0.6) is 0 Å². The van der Waals surface area contributed by atoms with Crippen molar-refractivity contribution in [2.75, 3.05) is 13.1 Å². The Hall–Kier alpha value is -2.13. The van der Waals surface area contributed by atoms with E-state index < -0.39 is 0 Å². The Balaban J connectivity index is 1.89. The van der Waals surface area contributed by atoms with E-state index in [1.165, 1.54) is 24.0 Å². The summed E-state index contributed by atoms with van der Waals surface area (Å²) < 4.78 is 0. The van der Waals surface area contributed by atoms with Crippen molar-refractivity contribution >= 4 is 5.91 Å². The van der Waals surface area contributed by atoms with E-state index in [9.17, 15) is 4.79 Å². The number of nitrogens with zero attached hydrogens (tertiary/aromatic N) is 1. The summed E-state index contributed by atoms with van der Waals surface area (Å²) in [7, 11) is 0. The topological polar surface area (TPSA) is 32.3 Å². The number of hydrogen-bond donors (Lipinski definition) is 1. The lowest BCUT2D eigenvalue weighted by atomic mass is 10.1. The second-order valence-electron chi connectivity index (χ2n) is 7.04. The molecule has 26 heavy (non-hydrogen) atoms. The molecule has 2 aromatic carbocycles. The summed E-state index contributed by atoms with van der Waals surface area (Å²) in [6.07, 6.45) is 3.17. The maximum absolute atomic E-state index is 12.5. The van der Waals surface area contributed by atoms with E-state index >= 15 is 0 Å². The zero-order valence-electron chi connectivity index (χ0n) is 16.4. The van der Waals surface area contributed by atoms with Crippen LogP contribution in [0.2, 0.25) is 0 Å². The third-order valence-corrected chi connectivity index (χ3v) is 4.46. The van der Waals surface area contributed by atoms with Crippen LogP contribution >= 0.6 is 0 Å². The van der Waals surface area contributed by atoms with Gasteiger partial charge in [-0.15, -0.1) is 0 Å². The predicted octanol–water partition coefficient (Wildman–Crippen LogP) is 4.67. The zero-order valence-corrected chi connectivity index (χ0v) is 16.4. The van der Waals surface area contributed by atoms with Crippen molar-refractivity contribution in [3.05, 3.63) is 71.3 Å². The molecule has 1 atom stereocenters. The average Bonchev–Trinajstić information content (AvgIpc) is 2.63. The Morgan fingerprint density at radius 1 is 0.923 bits per heavy atom. The van der Waals surface area contributed by atoms with Crippen LogP contribution in [0.3, 0.4) is 0 Å². The number of carbonyl (C=O) groups excluding carboxylic acids is 1. The van der Waals surface area contributed by atoms with Gasteiger partial charge in [-0.2, -0.15) is 0 Å². The summed E-state index contributed by atoms with van der Waals surface area (Å²) in [5.41, 5.74) is 3.23. The molecule has 3 nitrogen and oxygen atoms in total. The van der Waals surface area contributed by atoms with Crippen LogP contribution in [0, 0.1) is 0 Å². The minimum absolute atomic E-state index is 0.000969. The molecule has 0 heterocycles. The molecule has 3 heteroatoms. The van der Waals surface area contributed by atoms with E-state index in [1.54, 1.807) is 0 Å². The molecule has 2 rings (SSSR count). The molecular formula is C23H32N2O. The van der Waals surface area contributed by atoms with E-state index in [-0.39, 0.29) is 11.9 Å². The molecule has 0 spiro atoms. The van der Waals surface area contributed by atoms with Crippen molar-refractivity contribution in [3.63, 3.8) is 0 Å². The van der Waals surface area contributed by atoms with Gasteiger partial charge in [0.25, 0.3) is 5.91 Å². The lowest BCUT2D eigenvalue weighted by Gasteiger charge is -2.21. The monoisotopic (exact) mass is 352 g/mol. The Kier molecular flexibility index (Phi) is 8.36. The van der Waals surface area contributed by atoms with Crippen LogP contribution in [-0.4, -0.2) is 29.9 Å². The lowest BCUT2D eigenvalue weighted by molar-refractivity contribution is 0.0940. The van der Waals surface area contributed by atoms with E-state index in [4.69, 9.17) is 0 Å². The van der Waals surface area contributed by atoms with Crippen LogP contribution in [0.1, 0.15) is 55.1 Å². The van der Waals surface area contributed by atoms with Crippen LogP contribution in [-0.2, 0) is 13.0 Å². The average molecular weight is 353 g/mol. The molecule has 0 aliphatic heterocycles. The van der Waals surface area contributed by atoms with Crippen molar-refractivity contribution in [2.45, 2.75) is 52.6 Å². The quantitative estimate of drug-likeness (QED) is 0.674. The molecule has 0 radical (unpaired) electrons. The highest BCUT2D eigenvalue weighted by atomic mass is 16.1. The first-order valence-electron chi connectivity index (χ1n) is 9.78. The number of nitrogens with one attached hydrogen (secondary N) is 1. The first-order chi connectivity index (χ1) is 12.6. The van der Waals surface area contributed by atoms with Crippen LogP contribution in [0.4, 0.5) is 0 Å². The Morgan fingerprint density at radius 3 is 2.12 bits per heavy atom. The number of hydrogen-bond acceptors (Lipinski definition) is 2. The number of amides is 1. The number of carbonyl (C=O) groups is 1. The highest BCUT2D eigenvalue weighted by molar-refractivity contribution is 5.94. The van der Waals surface area contributed by atoms with Gasteiger partial charge in [0.1, 0.15) is 0 Å². The smallest absolute Gasteiger partial charge is 0.251 e. The Labute approximate surface area is 158 Å². The highest BCUT2D eigenvalue weighted by Crippen LogP contribution is 2.10. The summed E-state index contributed by atoms with van der Waals surface area (Å²) in [5.74, 6) is -0.000969. The van der Waals surface area contributed by atoms with Gasteiger partial charge in [0.2, 0.25) is 0 Å². The Bertz CT molecular complexity index is 646. The summed E-state index contributed by atoms with van der Waals surface area (Å²) in [6, 6.07) is 18.4. The van der Waals surface area contributed by atoms with Gasteiger partial charge in [-0.1, -0.05) is 56.3 Å². The largest absolute Gasteiger partial charge is 0.349 e. The molecule has 0 saturated heterocycles. The van der Waals surface area contributed by atoms with E-state index in [1.807, 2.05) is 37.3 Å². The van der Waals surface area contributed by atoms with Gasteiger partial charge >= 0.3 is 0 Å². The second kappa shape index (κ2) is 10.8. The lowest BCUT2D eigenvalue weighted by Crippen LogP contribution is -2.34. The molecule has 0 aromatic heterocycles.